The van der Waals surface area contributed by atoms with Gasteiger partial charge >= 0.3 is 12.0 Å². The van der Waals surface area contributed by atoms with Crippen LogP contribution >= 0.6 is 0 Å². The number of carbonyl (C=O) groups excluding carboxylic acids is 1. The fraction of sp³-hybridized carbons (Fsp3) is 0.286. The standard InChI is InChI=1S/C14H16N2O3/c1-9(2)8-15-14(19)16-6-5-10-3-4-11(13(17)18)7-12(10)16/h3-4,7H,1,5-6,8H2,2H3,(H,15,19)(H,17,18). The Morgan fingerprint density at radius 3 is 2.84 bits per heavy atom. The van der Waals surface area contributed by atoms with Crippen LogP contribution in [0.25, 0.3) is 0 Å². The summed E-state index contributed by atoms with van der Waals surface area (Å²) in [6, 6.07) is 4.66. The third-order valence-electron chi connectivity index (χ3n) is 3.01. The summed E-state index contributed by atoms with van der Waals surface area (Å²) in [6.07, 6.45) is 0.746. The highest BCUT2D eigenvalue weighted by Crippen LogP contribution is 2.29. The molecule has 0 bridgehead atoms. The van der Waals surface area contributed by atoms with E-state index in [9.17, 15) is 9.59 Å². The number of nitrogens with zero attached hydrogens (tertiary/aromatic N) is 1. The highest BCUT2D eigenvalue weighted by molar-refractivity contribution is 5.97. The van der Waals surface area contributed by atoms with Crippen molar-refractivity contribution in [2.24, 2.45) is 0 Å². The van der Waals surface area contributed by atoms with Gasteiger partial charge in [0.15, 0.2) is 0 Å². The molecular weight excluding hydrogens is 244 g/mol. The summed E-state index contributed by atoms with van der Waals surface area (Å²) in [6.45, 7) is 6.55. The highest BCUT2D eigenvalue weighted by atomic mass is 16.4. The van der Waals surface area contributed by atoms with E-state index in [4.69, 9.17) is 5.11 Å². The summed E-state index contributed by atoms with van der Waals surface area (Å²) in [7, 11) is 0. The van der Waals surface area contributed by atoms with Crippen molar-refractivity contribution in [3.05, 3.63) is 41.5 Å². The molecule has 0 saturated carbocycles. The second-order valence-corrected chi connectivity index (χ2v) is 4.67. The lowest BCUT2D eigenvalue weighted by molar-refractivity contribution is 0.0697. The molecule has 0 fully saturated rings. The molecule has 0 aliphatic carbocycles. The minimum atomic E-state index is -0.989. The number of anilines is 1. The molecule has 0 unspecified atom stereocenters. The smallest absolute Gasteiger partial charge is 0.335 e. The van der Waals surface area contributed by atoms with Crippen molar-refractivity contribution in [1.82, 2.24) is 5.32 Å². The number of carboxylic acids is 1. The molecular formula is C14H16N2O3. The summed E-state index contributed by atoms with van der Waals surface area (Å²) in [5.74, 6) is -0.989. The molecule has 0 atom stereocenters. The van der Waals surface area contributed by atoms with Crippen LogP contribution in [0.2, 0.25) is 0 Å². The van der Waals surface area contributed by atoms with Crippen LogP contribution in [0, 0.1) is 0 Å². The lowest BCUT2D eigenvalue weighted by Gasteiger charge is -2.18. The zero-order valence-electron chi connectivity index (χ0n) is 10.8. The Labute approximate surface area is 111 Å². The molecule has 0 aromatic heterocycles. The molecule has 1 aromatic rings. The van der Waals surface area contributed by atoms with E-state index in [0.717, 1.165) is 17.6 Å². The van der Waals surface area contributed by atoms with E-state index in [1.807, 2.05) is 6.92 Å². The summed E-state index contributed by atoms with van der Waals surface area (Å²) < 4.78 is 0. The lowest BCUT2D eigenvalue weighted by Crippen LogP contribution is -2.39. The molecule has 0 spiro atoms. The third kappa shape index (κ3) is 2.76. The SMILES string of the molecule is C=C(C)CNC(=O)N1CCc2ccc(C(=O)O)cc21. The first-order valence-corrected chi connectivity index (χ1v) is 6.05. The van der Waals surface area contributed by atoms with E-state index in [1.54, 1.807) is 23.1 Å². The quantitative estimate of drug-likeness (QED) is 0.817. The number of carboxylic acid groups (broad SMARTS) is 1. The number of benzene rings is 1. The van der Waals surface area contributed by atoms with Crippen molar-refractivity contribution in [2.45, 2.75) is 13.3 Å². The van der Waals surface area contributed by atoms with Gasteiger partial charge in [-0.3, -0.25) is 4.90 Å². The average molecular weight is 260 g/mol. The molecule has 1 aliphatic rings. The van der Waals surface area contributed by atoms with Crippen LogP contribution in [0.4, 0.5) is 10.5 Å². The second kappa shape index (κ2) is 5.14. The van der Waals surface area contributed by atoms with Gasteiger partial charge in [-0.15, -0.1) is 0 Å². The van der Waals surface area contributed by atoms with Crippen molar-refractivity contribution in [3.8, 4) is 0 Å². The van der Waals surface area contributed by atoms with E-state index in [2.05, 4.69) is 11.9 Å². The number of carbonyl (C=O) groups is 2. The normalized spacial score (nSPS) is 13.0. The third-order valence-corrected chi connectivity index (χ3v) is 3.01. The summed E-state index contributed by atoms with van der Waals surface area (Å²) >= 11 is 0. The van der Waals surface area contributed by atoms with E-state index < -0.39 is 5.97 Å². The number of nitrogens with one attached hydrogen (secondary N) is 1. The van der Waals surface area contributed by atoms with Gasteiger partial charge in [0.05, 0.1) is 5.56 Å². The van der Waals surface area contributed by atoms with Crippen molar-refractivity contribution >= 4 is 17.7 Å². The zero-order valence-corrected chi connectivity index (χ0v) is 10.8. The first-order chi connectivity index (χ1) is 8.99. The minimum absolute atomic E-state index is 0.193. The van der Waals surface area contributed by atoms with Gasteiger partial charge in [0, 0.05) is 18.8 Å². The number of fused-ring (bicyclic) bond motifs is 1. The Bertz CT molecular complexity index is 552. The molecule has 2 rings (SSSR count). The molecule has 0 saturated heterocycles. The Morgan fingerprint density at radius 2 is 2.21 bits per heavy atom. The second-order valence-electron chi connectivity index (χ2n) is 4.67. The molecule has 5 heteroatoms. The van der Waals surface area contributed by atoms with Crippen LogP contribution in [-0.2, 0) is 6.42 Å². The van der Waals surface area contributed by atoms with Gasteiger partial charge in [-0.1, -0.05) is 18.2 Å². The molecule has 2 N–H and O–H groups in total. The Balaban J connectivity index is 2.20. The van der Waals surface area contributed by atoms with Crippen molar-refractivity contribution in [1.29, 1.82) is 0 Å². The molecule has 100 valence electrons. The van der Waals surface area contributed by atoms with Gasteiger partial charge in [0.1, 0.15) is 0 Å². The van der Waals surface area contributed by atoms with Gasteiger partial charge in [0.25, 0.3) is 0 Å². The number of hydrogen-bond acceptors (Lipinski definition) is 2. The van der Waals surface area contributed by atoms with Crippen LogP contribution in [0.1, 0.15) is 22.8 Å². The van der Waals surface area contributed by atoms with Gasteiger partial charge in [-0.2, -0.15) is 0 Å². The van der Waals surface area contributed by atoms with Crippen molar-refractivity contribution in [2.75, 3.05) is 18.0 Å². The van der Waals surface area contributed by atoms with Crippen LogP contribution in [-0.4, -0.2) is 30.2 Å². The van der Waals surface area contributed by atoms with E-state index in [-0.39, 0.29) is 11.6 Å². The molecule has 2 amide bonds. The maximum absolute atomic E-state index is 12.0. The van der Waals surface area contributed by atoms with Gasteiger partial charge in [-0.25, -0.2) is 9.59 Å². The molecule has 1 aliphatic heterocycles. The van der Waals surface area contributed by atoms with Gasteiger partial charge in [-0.05, 0) is 31.0 Å². The number of amides is 2. The number of hydrogen-bond donors (Lipinski definition) is 2. The van der Waals surface area contributed by atoms with Crippen molar-refractivity contribution < 1.29 is 14.7 Å². The van der Waals surface area contributed by atoms with E-state index in [0.29, 0.717) is 18.8 Å². The zero-order chi connectivity index (χ0) is 14.0. The summed E-state index contributed by atoms with van der Waals surface area (Å²) in [4.78, 5) is 24.6. The highest BCUT2D eigenvalue weighted by Gasteiger charge is 2.25. The molecule has 0 radical (unpaired) electrons. The summed E-state index contributed by atoms with van der Waals surface area (Å²) in [5, 5.41) is 11.7. The maximum Gasteiger partial charge on any atom is 0.335 e. The lowest BCUT2D eigenvalue weighted by atomic mass is 10.1. The van der Waals surface area contributed by atoms with Crippen molar-refractivity contribution in [3.63, 3.8) is 0 Å². The van der Waals surface area contributed by atoms with Crippen LogP contribution in [0.3, 0.4) is 0 Å². The first-order valence-electron chi connectivity index (χ1n) is 6.05. The monoisotopic (exact) mass is 260 g/mol. The fourth-order valence-electron chi connectivity index (χ4n) is 2.05. The van der Waals surface area contributed by atoms with E-state index in [1.165, 1.54) is 0 Å². The average Bonchev–Trinajstić information content (AvgIpc) is 2.78. The molecule has 1 aromatic carbocycles. The van der Waals surface area contributed by atoms with Crippen LogP contribution in [0.15, 0.2) is 30.4 Å². The topological polar surface area (TPSA) is 69.6 Å². The Hall–Kier alpha value is -2.30. The van der Waals surface area contributed by atoms with Gasteiger partial charge < -0.3 is 10.4 Å². The number of urea groups is 1. The predicted molar refractivity (Wildman–Crippen MR) is 72.7 cm³/mol. The molecule has 1 heterocycles. The van der Waals surface area contributed by atoms with Gasteiger partial charge in [0.2, 0.25) is 0 Å². The summed E-state index contributed by atoms with van der Waals surface area (Å²) in [5.41, 5.74) is 2.74. The van der Waals surface area contributed by atoms with Crippen LogP contribution in [0.5, 0.6) is 0 Å². The Kier molecular flexibility index (Phi) is 3.55. The largest absolute Gasteiger partial charge is 0.478 e. The van der Waals surface area contributed by atoms with Crippen LogP contribution < -0.4 is 10.2 Å². The Morgan fingerprint density at radius 1 is 1.47 bits per heavy atom. The van der Waals surface area contributed by atoms with E-state index >= 15 is 0 Å². The fourth-order valence-corrected chi connectivity index (χ4v) is 2.05. The first kappa shape index (κ1) is 13.1. The molecule has 5 nitrogen and oxygen atoms in total. The maximum atomic E-state index is 12.0. The molecule has 19 heavy (non-hydrogen) atoms. The number of aromatic carboxylic acids is 1. The number of rotatable bonds is 3. The minimum Gasteiger partial charge on any atom is -0.478 e. The predicted octanol–water partition coefficient (Wildman–Crippen LogP) is 2.03.